The Bertz CT molecular complexity index is 715. The molecule has 0 spiro atoms. The standard InChI is InChI=1S/C18H20N2O4/c1-12(18(19)21)20-9-13-5-7-15(8-6-13)22-10-14-3-2-4-16-17(14)24-11-23-16/h2-8,12,20H,9-11H2,1H3,(H2,19,21)/t12-/m0/s1. The van der Waals surface area contributed by atoms with Crippen LogP contribution in [0.4, 0.5) is 0 Å². The zero-order valence-electron chi connectivity index (χ0n) is 13.5. The van der Waals surface area contributed by atoms with Crippen molar-refractivity contribution >= 4 is 5.91 Å². The Hall–Kier alpha value is -2.73. The second kappa shape index (κ2) is 7.23. The molecule has 1 heterocycles. The van der Waals surface area contributed by atoms with Crippen LogP contribution in [0.3, 0.4) is 0 Å². The summed E-state index contributed by atoms with van der Waals surface area (Å²) in [4.78, 5) is 11.0. The second-order valence-electron chi connectivity index (χ2n) is 5.59. The van der Waals surface area contributed by atoms with Crippen LogP contribution in [-0.2, 0) is 17.9 Å². The molecule has 0 bridgehead atoms. The number of primary amides is 1. The Kier molecular flexibility index (Phi) is 4.86. The van der Waals surface area contributed by atoms with E-state index in [1.807, 2.05) is 42.5 Å². The van der Waals surface area contributed by atoms with Crippen molar-refractivity contribution in [2.45, 2.75) is 26.1 Å². The van der Waals surface area contributed by atoms with Gasteiger partial charge in [-0.25, -0.2) is 0 Å². The molecule has 2 aromatic rings. The third kappa shape index (κ3) is 3.78. The minimum atomic E-state index is -0.364. The Morgan fingerprint density at radius 2 is 2.04 bits per heavy atom. The summed E-state index contributed by atoms with van der Waals surface area (Å²) >= 11 is 0. The molecule has 1 amide bonds. The normalized spacial score (nSPS) is 13.5. The lowest BCUT2D eigenvalue weighted by Crippen LogP contribution is -2.38. The van der Waals surface area contributed by atoms with E-state index >= 15 is 0 Å². The van der Waals surface area contributed by atoms with Gasteiger partial charge in [0.15, 0.2) is 11.5 Å². The molecule has 0 aromatic heterocycles. The third-order valence-electron chi connectivity index (χ3n) is 3.83. The van der Waals surface area contributed by atoms with Gasteiger partial charge in [0.05, 0.1) is 6.04 Å². The summed E-state index contributed by atoms with van der Waals surface area (Å²) in [6.45, 7) is 2.96. The van der Waals surface area contributed by atoms with Gasteiger partial charge in [-0.1, -0.05) is 24.3 Å². The van der Waals surface area contributed by atoms with Crippen molar-refractivity contribution in [3.05, 3.63) is 53.6 Å². The van der Waals surface area contributed by atoms with E-state index in [2.05, 4.69) is 5.32 Å². The van der Waals surface area contributed by atoms with Crippen molar-refractivity contribution in [1.82, 2.24) is 5.32 Å². The van der Waals surface area contributed by atoms with E-state index in [-0.39, 0.29) is 18.7 Å². The van der Waals surface area contributed by atoms with Crippen molar-refractivity contribution in [1.29, 1.82) is 0 Å². The van der Waals surface area contributed by atoms with Gasteiger partial charge in [-0.3, -0.25) is 4.79 Å². The number of rotatable bonds is 7. The average Bonchev–Trinajstić information content (AvgIpc) is 3.08. The molecule has 1 aliphatic rings. The van der Waals surface area contributed by atoms with Crippen molar-refractivity contribution in [2.24, 2.45) is 5.73 Å². The fourth-order valence-corrected chi connectivity index (χ4v) is 2.34. The molecule has 0 unspecified atom stereocenters. The first-order chi connectivity index (χ1) is 11.6. The first-order valence-corrected chi connectivity index (χ1v) is 7.75. The monoisotopic (exact) mass is 328 g/mol. The summed E-state index contributed by atoms with van der Waals surface area (Å²) in [6, 6.07) is 13.1. The highest BCUT2D eigenvalue weighted by molar-refractivity contribution is 5.79. The molecular formula is C18H20N2O4. The first kappa shape index (κ1) is 16.1. The van der Waals surface area contributed by atoms with E-state index in [1.54, 1.807) is 6.92 Å². The van der Waals surface area contributed by atoms with E-state index in [0.717, 1.165) is 28.4 Å². The van der Waals surface area contributed by atoms with Crippen molar-refractivity contribution in [3.63, 3.8) is 0 Å². The zero-order chi connectivity index (χ0) is 16.9. The fraction of sp³-hybridized carbons (Fsp3) is 0.278. The summed E-state index contributed by atoms with van der Waals surface area (Å²) in [5.74, 6) is 1.90. The van der Waals surface area contributed by atoms with Crippen LogP contribution in [0, 0.1) is 0 Å². The van der Waals surface area contributed by atoms with E-state index in [4.69, 9.17) is 19.9 Å². The van der Waals surface area contributed by atoms with E-state index in [1.165, 1.54) is 0 Å². The third-order valence-corrected chi connectivity index (χ3v) is 3.83. The van der Waals surface area contributed by atoms with Gasteiger partial charge in [0.1, 0.15) is 12.4 Å². The fourth-order valence-electron chi connectivity index (χ4n) is 2.34. The molecule has 24 heavy (non-hydrogen) atoms. The summed E-state index contributed by atoms with van der Waals surface area (Å²) < 4.78 is 16.6. The van der Waals surface area contributed by atoms with Gasteiger partial charge in [-0.2, -0.15) is 0 Å². The lowest BCUT2D eigenvalue weighted by Gasteiger charge is -2.11. The van der Waals surface area contributed by atoms with Crippen LogP contribution in [0.5, 0.6) is 17.2 Å². The number of hydrogen-bond donors (Lipinski definition) is 2. The van der Waals surface area contributed by atoms with Gasteiger partial charge < -0.3 is 25.3 Å². The molecule has 3 N–H and O–H groups in total. The molecule has 6 heteroatoms. The number of amides is 1. The molecule has 2 aromatic carbocycles. The topological polar surface area (TPSA) is 82.8 Å². The predicted octanol–water partition coefficient (Wildman–Crippen LogP) is 1.96. The highest BCUT2D eigenvalue weighted by Crippen LogP contribution is 2.35. The van der Waals surface area contributed by atoms with Gasteiger partial charge >= 0.3 is 0 Å². The van der Waals surface area contributed by atoms with Gasteiger partial charge in [-0.05, 0) is 30.7 Å². The van der Waals surface area contributed by atoms with Crippen LogP contribution in [0.2, 0.25) is 0 Å². The second-order valence-corrected chi connectivity index (χ2v) is 5.59. The maximum absolute atomic E-state index is 11.0. The predicted molar refractivity (Wildman–Crippen MR) is 88.8 cm³/mol. The number of nitrogens with two attached hydrogens (primary N) is 1. The number of ether oxygens (including phenoxy) is 3. The highest BCUT2D eigenvalue weighted by atomic mass is 16.7. The van der Waals surface area contributed by atoms with Crippen molar-refractivity contribution < 1.29 is 19.0 Å². The maximum atomic E-state index is 11.0. The minimum absolute atomic E-state index is 0.248. The van der Waals surface area contributed by atoms with Crippen LogP contribution in [0.15, 0.2) is 42.5 Å². The molecule has 1 atom stereocenters. The van der Waals surface area contributed by atoms with E-state index in [9.17, 15) is 4.79 Å². The largest absolute Gasteiger partial charge is 0.489 e. The number of carbonyl (C=O) groups excluding carboxylic acids is 1. The molecular weight excluding hydrogens is 308 g/mol. The number of carbonyl (C=O) groups is 1. The molecule has 6 nitrogen and oxygen atoms in total. The molecule has 0 saturated carbocycles. The SMILES string of the molecule is C[C@H](NCc1ccc(OCc2cccc3c2OCO3)cc1)C(N)=O. The summed E-state index contributed by atoms with van der Waals surface area (Å²) in [5, 5.41) is 3.06. The molecule has 126 valence electrons. The summed E-state index contributed by atoms with van der Waals surface area (Å²) in [6.07, 6.45) is 0. The van der Waals surface area contributed by atoms with Crippen LogP contribution in [-0.4, -0.2) is 18.7 Å². The minimum Gasteiger partial charge on any atom is -0.489 e. The number of nitrogens with one attached hydrogen (secondary N) is 1. The summed E-state index contributed by atoms with van der Waals surface area (Å²) in [5.41, 5.74) is 7.22. The molecule has 0 aliphatic carbocycles. The quantitative estimate of drug-likeness (QED) is 0.812. The number of fused-ring (bicyclic) bond motifs is 1. The Morgan fingerprint density at radius 1 is 1.25 bits per heavy atom. The first-order valence-electron chi connectivity index (χ1n) is 7.75. The smallest absolute Gasteiger partial charge is 0.234 e. The molecule has 3 rings (SSSR count). The number of benzene rings is 2. The Balaban J connectivity index is 1.55. The number of hydrogen-bond acceptors (Lipinski definition) is 5. The van der Waals surface area contributed by atoms with Crippen molar-refractivity contribution in [2.75, 3.05) is 6.79 Å². The van der Waals surface area contributed by atoms with Crippen LogP contribution in [0.25, 0.3) is 0 Å². The zero-order valence-corrected chi connectivity index (χ0v) is 13.5. The van der Waals surface area contributed by atoms with Gasteiger partial charge in [-0.15, -0.1) is 0 Å². The van der Waals surface area contributed by atoms with Crippen LogP contribution >= 0.6 is 0 Å². The summed E-state index contributed by atoms with van der Waals surface area (Å²) in [7, 11) is 0. The van der Waals surface area contributed by atoms with Crippen LogP contribution < -0.4 is 25.3 Å². The van der Waals surface area contributed by atoms with Gasteiger partial charge in [0.2, 0.25) is 12.7 Å². The van der Waals surface area contributed by atoms with Gasteiger partial charge in [0, 0.05) is 12.1 Å². The molecule has 1 aliphatic heterocycles. The van der Waals surface area contributed by atoms with Crippen molar-refractivity contribution in [3.8, 4) is 17.2 Å². The molecule has 0 saturated heterocycles. The van der Waals surface area contributed by atoms with E-state index in [0.29, 0.717) is 13.2 Å². The van der Waals surface area contributed by atoms with Gasteiger partial charge in [0.25, 0.3) is 0 Å². The highest BCUT2D eigenvalue weighted by Gasteiger charge is 2.17. The lowest BCUT2D eigenvalue weighted by molar-refractivity contribution is -0.119. The Labute approximate surface area is 140 Å². The van der Waals surface area contributed by atoms with Crippen LogP contribution in [0.1, 0.15) is 18.1 Å². The molecule has 0 radical (unpaired) electrons. The average molecular weight is 328 g/mol. The number of para-hydroxylation sites is 1. The lowest BCUT2D eigenvalue weighted by atomic mass is 10.2. The Morgan fingerprint density at radius 3 is 2.79 bits per heavy atom. The maximum Gasteiger partial charge on any atom is 0.234 e. The molecule has 0 fully saturated rings. The van der Waals surface area contributed by atoms with E-state index < -0.39 is 0 Å².